The van der Waals surface area contributed by atoms with E-state index in [1.807, 2.05) is 33.0 Å². The minimum Gasteiger partial charge on any atom is -0.373 e. The van der Waals surface area contributed by atoms with E-state index in [0.717, 1.165) is 32.8 Å². The van der Waals surface area contributed by atoms with Gasteiger partial charge in [-0.3, -0.25) is 0 Å². The Hall–Kier alpha value is -2.01. The van der Waals surface area contributed by atoms with Crippen LogP contribution in [0.15, 0.2) is 40.4 Å². The van der Waals surface area contributed by atoms with Crippen molar-refractivity contribution >= 4 is 28.5 Å². The van der Waals surface area contributed by atoms with Crippen molar-refractivity contribution in [3.05, 3.63) is 41.7 Å². The molecule has 2 heterocycles. The molecule has 0 bridgehead atoms. The van der Waals surface area contributed by atoms with Gasteiger partial charge in [-0.25, -0.2) is 9.97 Å². The van der Waals surface area contributed by atoms with Crippen molar-refractivity contribution < 1.29 is 0 Å². The lowest BCUT2D eigenvalue weighted by molar-refractivity contribution is 0.939. The summed E-state index contributed by atoms with van der Waals surface area (Å²) in [7, 11) is 1.88. The Balaban J connectivity index is 2.00. The highest BCUT2D eigenvalue weighted by Crippen LogP contribution is 2.32. The topological polar surface area (TPSA) is 53.6 Å². The van der Waals surface area contributed by atoms with E-state index in [0.29, 0.717) is 0 Å². The average molecular weight is 284 g/mol. The summed E-state index contributed by atoms with van der Waals surface area (Å²) in [6, 6.07) is 10.4. The normalized spacial score (nSPS) is 10.9. The van der Waals surface area contributed by atoms with E-state index >= 15 is 0 Å². The van der Waals surface area contributed by atoms with E-state index in [1.54, 1.807) is 11.8 Å². The lowest BCUT2D eigenvalue weighted by Gasteiger charge is -2.09. The molecule has 0 aliphatic heterocycles. The molecule has 0 fully saturated rings. The number of nitrogens with zero attached hydrogens (tertiary/aromatic N) is 2. The second-order valence-electron chi connectivity index (χ2n) is 4.62. The first-order valence-electron chi connectivity index (χ1n) is 6.46. The van der Waals surface area contributed by atoms with E-state index in [4.69, 9.17) is 0 Å². The van der Waals surface area contributed by atoms with Crippen molar-refractivity contribution in [3.8, 4) is 0 Å². The maximum absolute atomic E-state index is 4.54. The number of anilines is 1. The molecule has 0 saturated heterocycles. The molecule has 1 aromatic carbocycles. The molecule has 0 spiro atoms. The van der Waals surface area contributed by atoms with Crippen LogP contribution < -0.4 is 5.32 Å². The number of aromatic nitrogens is 3. The zero-order valence-electron chi connectivity index (χ0n) is 11.7. The summed E-state index contributed by atoms with van der Waals surface area (Å²) in [4.78, 5) is 12.3. The number of para-hydroxylation sites is 1. The summed E-state index contributed by atoms with van der Waals surface area (Å²) in [5.41, 5.74) is 2.22. The van der Waals surface area contributed by atoms with Gasteiger partial charge in [-0.15, -0.1) is 0 Å². The molecule has 2 aromatic heterocycles. The van der Waals surface area contributed by atoms with Crippen LogP contribution in [-0.2, 0) is 0 Å². The van der Waals surface area contributed by atoms with Gasteiger partial charge in [0.05, 0.1) is 5.03 Å². The molecule has 4 nitrogen and oxygen atoms in total. The molecule has 5 heteroatoms. The first-order chi connectivity index (χ1) is 9.67. The Labute approximate surface area is 122 Å². The average Bonchev–Trinajstić information content (AvgIpc) is 2.84. The van der Waals surface area contributed by atoms with Gasteiger partial charge in [-0.05, 0) is 26.0 Å². The third-order valence-corrected chi connectivity index (χ3v) is 4.19. The molecule has 3 rings (SSSR count). The number of nitrogens with one attached hydrogen (secondary N) is 2. The fourth-order valence-corrected chi connectivity index (χ4v) is 3.13. The number of fused-ring (bicyclic) bond motifs is 1. The summed E-state index contributed by atoms with van der Waals surface area (Å²) in [5, 5.41) is 6.40. The van der Waals surface area contributed by atoms with Crippen molar-refractivity contribution in [2.75, 3.05) is 12.4 Å². The highest BCUT2D eigenvalue weighted by atomic mass is 32.2. The van der Waals surface area contributed by atoms with Crippen LogP contribution in [0, 0.1) is 13.8 Å². The molecular formula is C15H16N4S. The van der Waals surface area contributed by atoms with Gasteiger partial charge in [0.15, 0.2) is 0 Å². The molecule has 3 aromatic rings. The molecule has 0 amide bonds. The fraction of sp³-hybridized carbons (Fsp3) is 0.200. The van der Waals surface area contributed by atoms with Gasteiger partial charge >= 0.3 is 0 Å². The molecular weight excluding hydrogens is 268 g/mol. The number of aromatic amines is 1. The lowest BCUT2D eigenvalue weighted by atomic mass is 10.3. The van der Waals surface area contributed by atoms with Crippen LogP contribution in [0.3, 0.4) is 0 Å². The summed E-state index contributed by atoms with van der Waals surface area (Å²) < 4.78 is 0. The van der Waals surface area contributed by atoms with Crippen LogP contribution in [0.5, 0.6) is 0 Å². The smallest absolute Gasteiger partial charge is 0.133 e. The van der Waals surface area contributed by atoms with Crippen molar-refractivity contribution in [1.82, 2.24) is 15.0 Å². The number of benzene rings is 1. The monoisotopic (exact) mass is 284 g/mol. The largest absolute Gasteiger partial charge is 0.373 e. The zero-order chi connectivity index (χ0) is 14.1. The van der Waals surface area contributed by atoms with Gasteiger partial charge in [0.1, 0.15) is 16.7 Å². The predicted octanol–water partition coefficient (Wildman–Crippen LogP) is 3.77. The highest BCUT2D eigenvalue weighted by Gasteiger charge is 2.11. The van der Waals surface area contributed by atoms with Gasteiger partial charge < -0.3 is 10.3 Å². The molecule has 0 atom stereocenters. The first kappa shape index (κ1) is 13.0. The summed E-state index contributed by atoms with van der Waals surface area (Å²) in [6.45, 7) is 3.95. The van der Waals surface area contributed by atoms with Crippen molar-refractivity contribution in [3.63, 3.8) is 0 Å². The van der Waals surface area contributed by atoms with Crippen LogP contribution in [0.1, 0.15) is 11.4 Å². The minimum atomic E-state index is 0.776. The Morgan fingerprint density at radius 3 is 2.70 bits per heavy atom. The number of aryl methyl sites for hydroxylation is 1. The van der Waals surface area contributed by atoms with Gasteiger partial charge in [-0.2, -0.15) is 0 Å². The number of rotatable bonds is 3. The van der Waals surface area contributed by atoms with E-state index < -0.39 is 0 Å². The molecule has 0 unspecified atom stereocenters. The van der Waals surface area contributed by atoms with Crippen molar-refractivity contribution in [2.24, 2.45) is 0 Å². The van der Waals surface area contributed by atoms with Crippen LogP contribution in [0.4, 0.5) is 5.82 Å². The van der Waals surface area contributed by atoms with Crippen molar-refractivity contribution in [2.45, 2.75) is 23.9 Å². The first-order valence-corrected chi connectivity index (χ1v) is 7.27. The third kappa shape index (κ3) is 2.36. The minimum absolute atomic E-state index is 0.776. The molecule has 20 heavy (non-hydrogen) atoms. The lowest BCUT2D eigenvalue weighted by Crippen LogP contribution is -2.01. The highest BCUT2D eigenvalue weighted by molar-refractivity contribution is 7.99. The SMILES string of the molecule is CNc1nc(C)nc(Sc2cc3ccccc3[nH]2)c1C. The Morgan fingerprint density at radius 1 is 1.15 bits per heavy atom. The molecule has 2 N–H and O–H groups in total. The van der Waals surface area contributed by atoms with Crippen molar-refractivity contribution in [1.29, 1.82) is 0 Å². The van der Waals surface area contributed by atoms with E-state index in [-0.39, 0.29) is 0 Å². The van der Waals surface area contributed by atoms with Gasteiger partial charge in [-0.1, -0.05) is 30.0 Å². The van der Waals surface area contributed by atoms with Crippen LogP contribution in [0.25, 0.3) is 10.9 Å². The maximum Gasteiger partial charge on any atom is 0.133 e. The van der Waals surface area contributed by atoms with E-state index in [2.05, 4.69) is 38.5 Å². The maximum atomic E-state index is 4.54. The molecule has 0 saturated carbocycles. The van der Waals surface area contributed by atoms with E-state index in [1.165, 1.54) is 5.39 Å². The predicted molar refractivity (Wildman–Crippen MR) is 83.5 cm³/mol. The molecule has 102 valence electrons. The standard InChI is InChI=1S/C15H16N4S/c1-9-14(16-3)17-10(2)18-15(9)20-13-8-11-6-4-5-7-12(11)19-13/h4-8,19H,1-3H3,(H,16,17,18). The number of hydrogen-bond acceptors (Lipinski definition) is 4. The van der Waals surface area contributed by atoms with Gasteiger partial charge in [0.2, 0.25) is 0 Å². The quantitative estimate of drug-likeness (QED) is 0.719. The second-order valence-corrected chi connectivity index (χ2v) is 5.65. The second kappa shape index (κ2) is 5.17. The Kier molecular flexibility index (Phi) is 3.36. The molecule has 0 aliphatic carbocycles. The molecule has 0 radical (unpaired) electrons. The van der Waals surface area contributed by atoms with Gasteiger partial charge in [0, 0.05) is 23.5 Å². The fourth-order valence-electron chi connectivity index (χ4n) is 2.15. The Bertz CT molecular complexity index is 731. The summed E-state index contributed by atoms with van der Waals surface area (Å²) >= 11 is 1.64. The molecule has 0 aliphatic rings. The third-order valence-electron chi connectivity index (χ3n) is 3.16. The van der Waals surface area contributed by atoms with Crippen LogP contribution in [-0.4, -0.2) is 22.0 Å². The summed E-state index contributed by atoms with van der Waals surface area (Å²) in [5.74, 6) is 1.66. The van der Waals surface area contributed by atoms with Gasteiger partial charge in [0.25, 0.3) is 0 Å². The van der Waals surface area contributed by atoms with Crippen LogP contribution in [0.2, 0.25) is 0 Å². The summed E-state index contributed by atoms with van der Waals surface area (Å²) in [6.07, 6.45) is 0. The number of hydrogen-bond donors (Lipinski definition) is 2. The van der Waals surface area contributed by atoms with E-state index in [9.17, 15) is 0 Å². The number of H-pyrrole nitrogens is 1. The Morgan fingerprint density at radius 2 is 1.95 bits per heavy atom. The zero-order valence-corrected chi connectivity index (χ0v) is 12.5. The van der Waals surface area contributed by atoms with Crippen LogP contribution >= 0.6 is 11.8 Å².